The van der Waals surface area contributed by atoms with E-state index in [0.29, 0.717) is 52.6 Å². The largest absolute Gasteiger partial charge is 0.476 e. The summed E-state index contributed by atoms with van der Waals surface area (Å²) in [6.07, 6.45) is 15.1. The molecule has 8 atom stereocenters. The Morgan fingerprint density at radius 1 is 1.10 bits per heavy atom. The van der Waals surface area contributed by atoms with E-state index in [-0.39, 0.29) is 17.2 Å². The fraction of sp³-hybridized carbons (Fsp3) is 0.757. The number of hydrogen-bond donors (Lipinski definition) is 1. The average Bonchev–Trinajstić information content (AvgIpc) is 3.39. The quantitative estimate of drug-likeness (QED) is 0.280. The molecule has 0 saturated heterocycles. The first-order valence-electron chi connectivity index (χ1n) is 16.8. The van der Waals surface area contributed by atoms with E-state index in [1.165, 1.54) is 56.9 Å². The van der Waals surface area contributed by atoms with Gasteiger partial charge in [-0.25, -0.2) is 0 Å². The summed E-state index contributed by atoms with van der Waals surface area (Å²) in [5, 5.41) is 8.48. The van der Waals surface area contributed by atoms with Crippen LogP contribution in [-0.2, 0) is 9.53 Å². The number of ether oxygens (including phenoxy) is 1. The van der Waals surface area contributed by atoms with E-state index in [1.54, 1.807) is 6.20 Å². The highest BCUT2D eigenvalue weighted by molar-refractivity contribution is 6.00. The Morgan fingerprint density at radius 2 is 1.88 bits per heavy atom. The van der Waals surface area contributed by atoms with Crippen molar-refractivity contribution in [2.45, 2.75) is 119 Å². The zero-order chi connectivity index (χ0) is 29.4. The third-order valence-electron chi connectivity index (χ3n) is 14.1. The standard InChI is InChI=1S/C37H54N2O2/c1-8-37-18-17-34(6)27-14-16-36(19-20-41-33(38)28-11-9-24(4)22-39-28)21-29(40)31(23(2)3)32(36)26(27)10-12-30(34)35(37,7)15-13-25(37)5/h9,11,22-23,25-27,30,38H,8,10,12-21H2,1-7H3. The van der Waals surface area contributed by atoms with Crippen LogP contribution in [0, 0.1) is 63.6 Å². The average molecular weight is 559 g/mol. The summed E-state index contributed by atoms with van der Waals surface area (Å²) in [6.45, 7) is 17.4. The third-order valence-corrected chi connectivity index (χ3v) is 14.1. The maximum absolute atomic E-state index is 13.7. The molecule has 224 valence electrons. The van der Waals surface area contributed by atoms with Crippen LogP contribution in [0.15, 0.2) is 29.5 Å². The zero-order valence-corrected chi connectivity index (χ0v) is 26.9. The molecule has 4 fully saturated rings. The number of ketones is 1. The first-order valence-corrected chi connectivity index (χ1v) is 16.8. The van der Waals surface area contributed by atoms with Crippen molar-refractivity contribution in [2.75, 3.05) is 6.61 Å². The monoisotopic (exact) mass is 558 g/mol. The number of Topliss-reactive ketones (excluding diaryl/α,β-unsaturated/α-hetero) is 1. The maximum Gasteiger partial charge on any atom is 0.232 e. The SMILES string of the molecule is CCC12CCC3(C)C4CCC5(CCOC(=N)c6ccc(C)cn6)CC(=O)C(C(C)C)=C5C4CCC3C1(C)CCC2C. The summed E-state index contributed by atoms with van der Waals surface area (Å²) < 4.78 is 6.03. The van der Waals surface area contributed by atoms with Crippen LogP contribution in [0.5, 0.6) is 0 Å². The molecule has 1 aromatic heterocycles. The van der Waals surface area contributed by atoms with Crippen molar-refractivity contribution < 1.29 is 9.53 Å². The minimum absolute atomic E-state index is 0.0876. The molecule has 8 unspecified atom stereocenters. The van der Waals surface area contributed by atoms with Crippen LogP contribution >= 0.6 is 0 Å². The fourth-order valence-electron chi connectivity index (χ4n) is 12.1. The molecule has 0 bridgehead atoms. The lowest BCUT2D eigenvalue weighted by atomic mass is 9.37. The number of carbonyl (C=O) groups is 1. The Labute approximate surface area is 249 Å². The second-order valence-electron chi connectivity index (χ2n) is 15.8. The van der Waals surface area contributed by atoms with Gasteiger partial charge >= 0.3 is 0 Å². The molecule has 1 aromatic rings. The lowest BCUT2D eigenvalue weighted by Crippen LogP contribution is -2.60. The van der Waals surface area contributed by atoms with Gasteiger partial charge in [0.05, 0.1) is 6.61 Å². The highest BCUT2D eigenvalue weighted by Crippen LogP contribution is 2.76. The Bertz CT molecular complexity index is 1250. The van der Waals surface area contributed by atoms with Crippen LogP contribution in [0.1, 0.15) is 123 Å². The van der Waals surface area contributed by atoms with Gasteiger partial charge in [-0.1, -0.05) is 53.2 Å². The van der Waals surface area contributed by atoms with E-state index >= 15 is 0 Å². The molecule has 5 aliphatic rings. The summed E-state index contributed by atoms with van der Waals surface area (Å²) >= 11 is 0. The zero-order valence-electron chi connectivity index (χ0n) is 26.9. The summed E-state index contributed by atoms with van der Waals surface area (Å²) in [5.41, 5.74) is 5.61. The van der Waals surface area contributed by atoms with E-state index in [0.717, 1.165) is 35.8 Å². The van der Waals surface area contributed by atoms with E-state index in [2.05, 4.69) is 46.5 Å². The number of rotatable bonds is 6. The number of hydrogen-bond acceptors (Lipinski definition) is 4. The number of fused-ring (bicyclic) bond motifs is 7. The molecule has 0 amide bonds. The van der Waals surface area contributed by atoms with Gasteiger partial charge in [0.1, 0.15) is 5.69 Å². The van der Waals surface area contributed by atoms with E-state index in [1.807, 2.05) is 19.1 Å². The Morgan fingerprint density at radius 3 is 2.56 bits per heavy atom. The molecule has 6 rings (SSSR count). The van der Waals surface area contributed by atoms with Gasteiger partial charge in [-0.15, -0.1) is 0 Å². The minimum Gasteiger partial charge on any atom is -0.476 e. The molecule has 0 aliphatic heterocycles. The first kappa shape index (κ1) is 29.1. The predicted octanol–water partition coefficient (Wildman–Crippen LogP) is 9.10. The first-order chi connectivity index (χ1) is 19.4. The minimum atomic E-state index is -0.0876. The van der Waals surface area contributed by atoms with Crippen molar-refractivity contribution in [2.24, 2.45) is 51.2 Å². The number of allylic oxidation sites excluding steroid dienone is 2. The number of carbonyl (C=O) groups excluding carboxylic acids is 1. The predicted molar refractivity (Wildman–Crippen MR) is 166 cm³/mol. The van der Waals surface area contributed by atoms with E-state index in [4.69, 9.17) is 10.1 Å². The maximum atomic E-state index is 13.7. The van der Waals surface area contributed by atoms with E-state index in [9.17, 15) is 4.79 Å². The molecule has 5 aliphatic carbocycles. The molecule has 41 heavy (non-hydrogen) atoms. The van der Waals surface area contributed by atoms with Crippen LogP contribution in [0.2, 0.25) is 0 Å². The van der Waals surface area contributed by atoms with Gasteiger partial charge in [0.2, 0.25) is 5.90 Å². The Balaban J connectivity index is 1.28. The van der Waals surface area contributed by atoms with Crippen molar-refractivity contribution in [3.8, 4) is 0 Å². The number of aryl methyl sites for hydroxylation is 1. The molecule has 4 heteroatoms. The molecule has 1 N–H and O–H groups in total. The lowest BCUT2D eigenvalue weighted by Gasteiger charge is -2.67. The van der Waals surface area contributed by atoms with E-state index < -0.39 is 0 Å². The van der Waals surface area contributed by atoms with Crippen molar-refractivity contribution >= 4 is 11.7 Å². The molecule has 1 heterocycles. The van der Waals surface area contributed by atoms with Crippen molar-refractivity contribution in [1.29, 1.82) is 5.41 Å². The van der Waals surface area contributed by atoms with Crippen molar-refractivity contribution in [3.63, 3.8) is 0 Å². The second-order valence-corrected chi connectivity index (χ2v) is 15.8. The highest BCUT2D eigenvalue weighted by atomic mass is 16.5. The summed E-state index contributed by atoms with van der Waals surface area (Å²) in [4.78, 5) is 18.1. The lowest BCUT2D eigenvalue weighted by molar-refractivity contribution is -0.173. The Kier molecular flexibility index (Phi) is 7.14. The number of nitrogens with one attached hydrogen (secondary N) is 1. The second kappa shape index (κ2) is 10.1. The van der Waals surface area contributed by atoms with Gasteiger partial charge in [0, 0.05) is 18.0 Å². The summed E-state index contributed by atoms with van der Waals surface area (Å²) in [6, 6.07) is 3.84. The van der Waals surface area contributed by atoms with Crippen LogP contribution in [0.4, 0.5) is 0 Å². The summed E-state index contributed by atoms with van der Waals surface area (Å²) in [5.74, 6) is 3.66. The van der Waals surface area contributed by atoms with Crippen LogP contribution in [0.3, 0.4) is 0 Å². The summed E-state index contributed by atoms with van der Waals surface area (Å²) in [7, 11) is 0. The van der Waals surface area contributed by atoms with Gasteiger partial charge in [-0.05, 0) is 134 Å². The van der Waals surface area contributed by atoms with Crippen LogP contribution in [0.25, 0.3) is 0 Å². The number of pyridine rings is 1. The molecule has 0 aromatic carbocycles. The highest BCUT2D eigenvalue weighted by Gasteiger charge is 2.68. The topological polar surface area (TPSA) is 63.0 Å². The fourth-order valence-corrected chi connectivity index (χ4v) is 12.1. The normalized spacial score (nSPS) is 41.6. The number of aromatic nitrogens is 1. The molecule has 0 radical (unpaired) electrons. The smallest absolute Gasteiger partial charge is 0.232 e. The molecular formula is C37H54N2O2. The Hall–Kier alpha value is -1.97. The molecule has 4 nitrogen and oxygen atoms in total. The van der Waals surface area contributed by atoms with Crippen molar-refractivity contribution in [3.05, 3.63) is 40.7 Å². The van der Waals surface area contributed by atoms with Gasteiger partial charge in [0.15, 0.2) is 5.78 Å². The van der Waals surface area contributed by atoms with Gasteiger partial charge in [-0.2, -0.15) is 0 Å². The van der Waals surface area contributed by atoms with Gasteiger partial charge in [0.25, 0.3) is 0 Å². The molecular weight excluding hydrogens is 504 g/mol. The molecule has 4 saturated carbocycles. The van der Waals surface area contributed by atoms with Gasteiger partial charge in [-0.3, -0.25) is 15.2 Å². The van der Waals surface area contributed by atoms with Crippen molar-refractivity contribution in [1.82, 2.24) is 4.98 Å². The van der Waals surface area contributed by atoms with Crippen LogP contribution < -0.4 is 0 Å². The molecule has 0 spiro atoms. The van der Waals surface area contributed by atoms with Gasteiger partial charge < -0.3 is 4.74 Å². The number of nitrogens with zero attached hydrogens (tertiary/aromatic N) is 1. The third kappa shape index (κ3) is 4.08. The van der Waals surface area contributed by atoms with Crippen LogP contribution in [-0.4, -0.2) is 23.3 Å².